The van der Waals surface area contributed by atoms with Crippen LogP contribution in [0.3, 0.4) is 0 Å². The number of rotatable bonds is 6. The molecule has 8 heteroatoms. The van der Waals surface area contributed by atoms with Crippen LogP contribution in [0.15, 0.2) is 24.3 Å². The van der Waals surface area contributed by atoms with Crippen molar-refractivity contribution in [2.45, 2.75) is 24.6 Å². The third kappa shape index (κ3) is 4.25. The second-order valence-corrected chi connectivity index (χ2v) is 6.60. The van der Waals surface area contributed by atoms with E-state index in [0.29, 0.717) is 10.7 Å². The van der Waals surface area contributed by atoms with Crippen molar-refractivity contribution in [3.8, 4) is 0 Å². The summed E-state index contributed by atoms with van der Waals surface area (Å²) in [4.78, 5) is 37.1. The fourth-order valence-electron chi connectivity index (χ4n) is 2.16. The first kappa shape index (κ1) is 17.8. The van der Waals surface area contributed by atoms with Gasteiger partial charge >= 0.3 is 5.97 Å². The molecule has 1 aliphatic heterocycles. The molecule has 2 atom stereocenters. The smallest absolute Gasteiger partial charge is 0.323 e. The lowest BCUT2D eigenvalue weighted by Crippen LogP contribution is -2.36. The Morgan fingerprint density at radius 1 is 1.52 bits per heavy atom. The Bertz CT molecular complexity index is 625. The van der Waals surface area contributed by atoms with Crippen LogP contribution in [0.2, 0.25) is 5.02 Å². The number of carbonyl (C=O) groups is 3. The van der Waals surface area contributed by atoms with Crippen LogP contribution < -0.4 is 10.6 Å². The molecule has 0 radical (unpaired) electrons. The largest absolute Gasteiger partial charge is 0.465 e. The highest BCUT2D eigenvalue weighted by atomic mass is 35.5. The molecule has 6 nitrogen and oxygen atoms in total. The van der Waals surface area contributed by atoms with E-state index >= 15 is 0 Å². The summed E-state index contributed by atoms with van der Waals surface area (Å²) in [6.07, 6.45) is 0.0750. The number of hydrogen-bond acceptors (Lipinski definition) is 6. The van der Waals surface area contributed by atoms with Crippen molar-refractivity contribution in [1.82, 2.24) is 0 Å². The van der Waals surface area contributed by atoms with Crippen molar-refractivity contribution in [3.05, 3.63) is 29.3 Å². The molecule has 0 spiro atoms. The highest BCUT2D eigenvalue weighted by Crippen LogP contribution is 2.31. The maximum absolute atomic E-state index is 12.4. The third-order valence-electron chi connectivity index (χ3n) is 3.24. The number of nitrogens with two attached hydrogens (primary N) is 1. The normalized spacial score (nSPS) is 19.1. The minimum absolute atomic E-state index is 0.0750. The first-order valence-electron chi connectivity index (χ1n) is 7.10. The van der Waals surface area contributed by atoms with E-state index in [4.69, 9.17) is 22.1 Å². The predicted octanol–water partition coefficient (Wildman–Crippen LogP) is 1.60. The highest BCUT2D eigenvalue weighted by molar-refractivity contribution is 8.00. The molecule has 2 N–H and O–H groups in total. The quantitative estimate of drug-likeness (QED) is 0.615. The average Bonchev–Trinajstić information content (AvgIpc) is 2.79. The number of hydrogen-bond donors (Lipinski definition) is 1. The maximum atomic E-state index is 12.4. The van der Waals surface area contributed by atoms with Crippen molar-refractivity contribution in [3.63, 3.8) is 0 Å². The van der Waals surface area contributed by atoms with E-state index in [1.165, 1.54) is 11.8 Å². The Morgan fingerprint density at radius 3 is 2.91 bits per heavy atom. The summed E-state index contributed by atoms with van der Waals surface area (Å²) >= 11 is 7.09. The minimum Gasteiger partial charge on any atom is -0.465 e. The lowest BCUT2D eigenvalue weighted by molar-refractivity contribution is -0.144. The Balaban J connectivity index is 2.00. The molecule has 1 aliphatic rings. The van der Waals surface area contributed by atoms with Gasteiger partial charge in [-0.1, -0.05) is 17.7 Å². The molecule has 23 heavy (non-hydrogen) atoms. The highest BCUT2D eigenvalue weighted by Gasteiger charge is 2.40. The van der Waals surface area contributed by atoms with Gasteiger partial charge in [-0.15, -0.1) is 11.8 Å². The SMILES string of the molecule is CCOC(=O)[C@@H](N)CS[C@@H]1CC(=O)N(c2cccc(Cl)c2)C1=O. The van der Waals surface area contributed by atoms with Crippen molar-refractivity contribution < 1.29 is 19.1 Å². The number of ether oxygens (including phenoxy) is 1. The van der Waals surface area contributed by atoms with Crippen LogP contribution in [0.1, 0.15) is 13.3 Å². The van der Waals surface area contributed by atoms with E-state index in [9.17, 15) is 14.4 Å². The molecule has 2 rings (SSSR count). The van der Waals surface area contributed by atoms with Crippen molar-refractivity contribution >= 4 is 46.8 Å². The number of nitrogens with zero attached hydrogens (tertiary/aromatic N) is 1. The molecule has 1 aromatic carbocycles. The predicted molar refractivity (Wildman–Crippen MR) is 89.4 cm³/mol. The van der Waals surface area contributed by atoms with E-state index in [0.717, 1.165) is 4.90 Å². The second kappa shape index (κ2) is 7.81. The summed E-state index contributed by atoms with van der Waals surface area (Å²) in [5.74, 6) is -0.910. The monoisotopic (exact) mass is 356 g/mol. The summed E-state index contributed by atoms with van der Waals surface area (Å²) in [5.41, 5.74) is 6.15. The van der Waals surface area contributed by atoms with E-state index in [2.05, 4.69) is 0 Å². The van der Waals surface area contributed by atoms with Crippen molar-refractivity contribution in [1.29, 1.82) is 0 Å². The molecule has 0 unspecified atom stereocenters. The minimum atomic E-state index is -0.817. The molecule has 1 fully saturated rings. The average molecular weight is 357 g/mol. The van der Waals surface area contributed by atoms with Gasteiger partial charge in [0, 0.05) is 17.2 Å². The summed E-state index contributed by atoms with van der Waals surface area (Å²) in [5, 5.41) is -0.106. The number of amides is 2. The second-order valence-electron chi connectivity index (χ2n) is 4.93. The molecular weight excluding hydrogens is 340 g/mol. The third-order valence-corrected chi connectivity index (χ3v) is 4.80. The van der Waals surface area contributed by atoms with E-state index < -0.39 is 17.3 Å². The van der Waals surface area contributed by atoms with Crippen LogP contribution in [-0.4, -0.2) is 41.4 Å². The zero-order chi connectivity index (χ0) is 17.0. The van der Waals surface area contributed by atoms with Gasteiger partial charge in [0.1, 0.15) is 6.04 Å². The molecule has 1 aromatic rings. The lowest BCUT2D eigenvalue weighted by atomic mass is 10.3. The number of benzene rings is 1. The summed E-state index contributed by atoms with van der Waals surface area (Å²) in [6.45, 7) is 1.94. The Kier molecular flexibility index (Phi) is 6.04. The molecular formula is C15H17ClN2O4S. The van der Waals surface area contributed by atoms with E-state index in [1.807, 2.05) is 0 Å². The van der Waals surface area contributed by atoms with Crippen LogP contribution in [0.25, 0.3) is 0 Å². The van der Waals surface area contributed by atoms with Gasteiger partial charge in [0.25, 0.3) is 0 Å². The standard InChI is InChI=1S/C15H17ClN2O4S/c1-2-22-15(21)11(17)8-23-12-7-13(19)18(14(12)20)10-5-3-4-9(16)6-10/h3-6,11-12H,2,7-8,17H2,1H3/t11-,12+/m0/s1. The van der Waals surface area contributed by atoms with Gasteiger partial charge in [-0.2, -0.15) is 0 Å². The number of anilines is 1. The first-order chi connectivity index (χ1) is 10.9. The molecule has 0 saturated carbocycles. The van der Waals surface area contributed by atoms with Crippen molar-refractivity contribution in [2.24, 2.45) is 5.73 Å². The molecule has 2 amide bonds. The number of imide groups is 1. The van der Waals surface area contributed by atoms with Crippen LogP contribution in [0.5, 0.6) is 0 Å². The summed E-state index contributed by atoms with van der Waals surface area (Å²) in [7, 11) is 0. The molecule has 124 valence electrons. The van der Waals surface area contributed by atoms with Gasteiger partial charge in [0.05, 0.1) is 17.5 Å². The van der Waals surface area contributed by atoms with Gasteiger partial charge in [-0.25, -0.2) is 4.90 Å². The van der Waals surface area contributed by atoms with Crippen LogP contribution in [0.4, 0.5) is 5.69 Å². The number of esters is 1. The summed E-state index contributed by atoms with van der Waals surface area (Å²) < 4.78 is 4.82. The number of halogens is 1. The first-order valence-corrected chi connectivity index (χ1v) is 8.53. The maximum Gasteiger partial charge on any atom is 0.323 e. The van der Waals surface area contributed by atoms with Gasteiger partial charge < -0.3 is 10.5 Å². The van der Waals surface area contributed by atoms with Crippen LogP contribution in [-0.2, 0) is 19.1 Å². The van der Waals surface area contributed by atoms with Gasteiger partial charge in [-0.3, -0.25) is 14.4 Å². The fraction of sp³-hybridized carbons (Fsp3) is 0.400. The van der Waals surface area contributed by atoms with Gasteiger partial charge in [0.2, 0.25) is 11.8 Å². The Labute approximate surface area is 143 Å². The number of carbonyl (C=O) groups excluding carboxylic acids is 3. The lowest BCUT2D eigenvalue weighted by Gasteiger charge is -2.16. The fourth-order valence-corrected chi connectivity index (χ4v) is 3.43. The van der Waals surface area contributed by atoms with Crippen molar-refractivity contribution in [2.75, 3.05) is 17.3 Å². The topological polar surface area (TPSA) is 89.7 Å². The molecule has 0 aromatic heterocycles. The molecule has 0 aliphatic carbocycles. The molecule has 0 bridgehead atoms. The van der Waals surface area contributed by atoms with Gasteiger partial charge in [-0.05, 0) is 25.1 Å². The summed E-state index contributed by atoms with van der Waals surface area (Å²) in [6, 6.07) is 5.74. The van der Waals surface area contributed by atoms with E-state index in [1.54, 1.807) is 31.2 Å². The Hall–Kier alpha value is -1.57. The number of thioether (sulfide) groups is 1. The Morgan fingerprint density at radius 2 is 2.26 bits per heavy atom. The zero-order valence-corrected chi connectivity index (χ0v) is 14.1. The molecule has 1 saturated heterocycles. The van der Waals surface area contributed by atoms with Gasteiger partial charge in [0.15, 0.2) is 0 Å². The zero-order valence-electron chi connectivity index (χ0n) is 12.5. The van der Waals surface area contributed by atoms with Crippen LogP contribution in [0, 0.1) is 0 Å². The van der Waals surface area contributed by atoms with Crippen LogP contribution >= 0.6 is 23.4 Å². The van der Waals surface area contributed by atoms with E-state index in [-0.39, 0.29) is 30.6 Å². The molecule has 1 heterocycles.